The van der Waals surface area contributed by atoms with Crippen LogP contribution in [0.1, 0.15) is 167 Å². The van der Waals surface area contributed by atoms with Gasteiger partial charge in [-0.05, 0) is 151 Å². The largest absolute Gasteiger partial charge is 0.362 e. The van der Waals surface area contributed by atoms with Gasteiger partial charge < -0.3 is 10.2 Å². The molecule has 6 rings (SSSR count). The molecular weight excluding hydrogens is 735 g/mol. The molecule has 6 heteroatoms. The van der Waals surface area contributed by atoms with E-state index in [1.54, 1.807) is 0 Å². The number of hydrogen-bond acceptors (Lipinski definition) is 6. The average molecular weight is 816 g/mol. The van der Waals surface area contributed by atoms with E-state index in [1.165, 1.54) is 83.8 Å². The molecule has 0 aliphatic carbocycles. The van der Waals surface area contributed by atoms with Crippen molar-refractivity contribution in [2.75, 3.05) is 26.7 Å². The molecule has 2 fully saturated rings. The minimum Gasteiger partial charge on any atom is -0.362 e. The van der Waals surface area contributed by atoms with Crippen molar-refractivity contribution in [2.45, 2.75) is 164 Å². The molecule has 0 spiro atoms. The number of likely N-dealkylation sites (tertiary alicyclic amines) is 1. The third-order valence-electron chi connectivity index (χ3n) is 12.2. The number of hydrogen-bond donors (Lipinski definition) is 1. The van der Waals surface area contributed by atoms with E-state index < -0.39 is 0 Å². The van der Waals surface area contributed by atoms with Crippen LogP contribution in [0.5, 0.6) is 0 Å². The number of likely N-dealkylation sites (N-methyl/N-ethyl adjacent to an activating group) is 1. The number of fused-ring (bicyclic) bond motifs is 1. The highest BCUT2D eigenvalue weighted by Gasteiger charge is 2.27. The van der Waals surface area contributed by atoms with Gasteiger partial charge in [0.1, 0.15) is 12.1 Å². The normalized spacial score (nSPS) is 15.6. The van der Waals surface area contributed by atoms with Gasteiger partial charge in [-0.3, -0.25) is 9.69 Å². The average Bonchev–Trinajstić information content (AvgIpc) is 3.26. The Hall–Kier alpha value is -4.13. The highest BCUT2D eigenvalue weighted by atomic mass is 16.1. The molecule has 2 aliphatic rings. The third-order valence-corrected chi connectivity index (χ3v) is 12.2. The number of aromatic nitrogens is 2. The van der Waals surface area contributed by atoms with E-state index in [2.05, 4.69) is 117 Å². The van der Waals surface area contributed by atoms with Crippen molar-refractivity contribution in [2.24, 2.45) is 0 Å². The molecule has 0 amide bonds. The van der Waals surface area contributed by atoms with Crippen LogP contribution in [0.4, 0.5) is 0 Å². The molecule has 1 N–H and O–H groups in total. The number of aldehydes is 1. The minimum absolute atomic E-state index is 0.248. The van der Waals surface area contributed by atoms with Crippen molar-refractivity contribution in [3.8, 4) is 0 Å². The Bertz CT molecular complexity index is 1920. The smallest absolute Gasteiger partial charge is 0.150 e. The van der Waals surface area contributed by atoms with Crippen LogP contribution in [-0.4, -0.2) is 58.8 Å². The van der Waals surface area contributed by atoms with Gasteiger partial charge in [-0.25, -0.2) is 9.97 Å². The first-order valence-corrected chi connectivity index (χ1v) is 23.6. The second-order valence-electron chi connectivity index (χ2n) is 16.4. The summed E-state index contributed by atoms with van der Waals surface area (Å²) in [6.07, 6.45) is 16.5. The number of nitrogens with one attached hydrogen (secondary N) is 1. The summed E-state index contributed by atoms with van der Waals surface area (Å²) < 4.78 is 0. The summed E-state index contributed by atoms with van der Waals surface area (Å²) in [5.41, 5.74) is 13.3. The number of carbonyl (C=O) groups excluding carboxylic acids is 1. The van der Waals surface area contributed by atoms with Gasteiger partial charge in [-0.2, -0.15) is 0 Å². The van der Waals surface area contributed by atoms with Crippen LogP contribution in [0.2, 0.25) is 0 Å². The number of benzene rings is 3. The molecule has 1 atom stereocenters. The summed E-state index contributed by atoms with van der Waals surface area (Å²) in [5, 5.41) is 4.55. The Labute approximate surface area is 366 Å². The SMILES string of the molecule is C=C1CCC(N(C)Cc2c(C=O)cccc2C2CCN(CCCCCCCCc3cc4nc(C)nc(C)c4cc3CC)CC2)C(=C)N1.CC.CC.CCc1cccc(C)c1. The zero-order valence-corrected chi connectivity index (χ0v) is 39.6. The van der Waals surface area contributed by atoms with Crippen LogP contribution >= 0.6 is 0 Å². The van der Waals surface area contributed by atoms with Crippen LogP contribution in [0, 0.1) is 20.8 Å². The van der Waals surface area contributed by atoms with E-state index in [0.717, 1.165) is 105 Å². The fourth-order valence-electron chi connectivity index (χ4n) is 8.88. The Morgan fingerprint density at radius 2 is 1.50 bits per heavy atom. The standard InChI is InChI=1S/C41H57N5O.C9H12.2C2H6/c1-7-33-25-38-30(3)43-32(5)44-40(38)26-35(33)15-12-10-8-9-11-13-22-46-23-20-34(21-24-46)37-17-14-16-36(28-47)39(37)27-45(6)41-19-18-29(2)42-31(41)4;1-3-9-6-4-5-8(2)7-9;2*1-2/h14,16-17,25-26,28,34,41-42H,2,4,7-13,15,18-24,27H2,1,3,5-6H3;4-7H,3H2,1-2H3;2*1-2H3. The van der Waals surface area contributed by atoms with Crippen molar-refractivity contribution >= 4 is 17.2 Å². The van der Waals surface area contributed by atoms with Gasteiger partial charge in [0.2, 0.25) is 0 Å². The molecule has 328 valence electrons. The van der Waals surface area contributed by atoms with Crippen molar-refractivity contribution in [3.63, 3.8) is 0 Å². The van der Waals surface area contributed by atoms with Gasteiger partial charge >= 0.3 is 0 Å². The summed E-state index contributed by atoms with van der Waals surface area (Å²) in [6, 6.07) is 19.8. The topological polar surface area (TPSA) is 61.4 Å². The highest BCUT2D eigenvalue weighted by Crippen LogP contribution is 2.34. The lowest BCUT2D eigenvalue weighted by Gasteiger charge is -2.36. The molecule has 3 heterocycles. The lowest BCUT2D eigenvalue weighted by atomic mass is 9.84. The van der Waals surface area contributed by atoms with E-state index in [-0.39, 0.29) is 6.04 Å². The molecular formula is C54H81N5O. The molecule has 1 aromatic heterocycles. The van der Waals surface area contributed by atoms with E-state index >= 15 is 0 Å². The Kier molecular flexibility index (Phi) is 22.6. The summed E-state index contributed by atoms with van der Waals surface area (Å²) in [7, 11) is 2.16. The first-order valence-electron chi connectivity index (χ1n) is 23.6. The summed E-state index contributed by atoms with van der Waals surface area (Å²) in [5.74, 6) is 1.37. The quantitative estimate of drug-likeness (QED) is 0.0898. The monoisotopic (exact) mass is 816 g/mol. The molecule has 4 aromatic rings. The van der Waals surface area contributed by atoms with E-state index in [1.807, 2.05) is 40.7 Å². The van der Waals surface area contributed by atoms with E-state index in [0.29, 0.717) is 5.92 Å². The molecule has 1 unspecified atom stereocenters. The number of piperidine rings is 2. The van der Waals surface area contributed by atoms with Crippen molar-refractivity contribution in [1.82, 2.24) is 25.1 Å². The highest BCUT2D eigenvalue weighted by molar-refractivity contribution is 5.82. The molecule has 2 saturated heterocycles. The Balaban J connectivity index is 0.000000641. The number of unbranched alkanes of at least 4 members (excludes halogenated alkanes) is 5. The van der Waals surface area contributed by atoms with Crippen molar-refractivity contribution in [3.05, 3.63) is 130 Å². The van der Waals surface area contributed by atoms with Gasteiger partial charge in [0.05, 0.1) is 5.52 Å². The molecule has 0 saturated carbocycles. The first kappa shape index (κ1) is 50.2. The van der Waals surface area contributed by atoms with E-state index in [9.17, 15) is 4.79 Å². The lowest BCUT2D eigenvalue weighted by Crippen LogP contribution is -2.41. The molecule has 6 nitrogen and oxygen atoms in total. The Morgan fingerprint density at radius 1 is 0.817 bits per heavy atom. The van der Waals surface area contributed by atoms with Crippen LogP contribution in [-0.2, 0) is 25.8 Å². The number of nitrogens with zero attached hydrogens (tertiary/aromatic N) is 4. The lowest BCUT2D eigenvalue weighted by molar-refractivity contribution is 0.112. The van der Waals surface area contributed by atoms with Gasteiger partial charge in [0, 0.05) is 40.6 Å². The van der Waals surface area contributed by atoms with E-state index in [4.69, 9.17) is 4.98 Å². The van der Waals surface area contributed by atoms with Gasteiger partial charge in [0.25, 0.3) is 0 Å². The first-order chi connectivity index (χ1) is 29.1. The summed E-state index contributed by atoms with van der Waals surface area (Å²) in [6.45, 7) is 31.2. The van der Waals surface area contributed by atoms with Gasteiger partial charge in [-0.15, -0.1) is 0 Å². The van der Waals surface area contributed by atoms with Crippen LogP contribution in [0.25, 0.3) is 10.9 Å². The fraction of sp³-hybridized carbons (Fsp3) is 0.537. The molecule has 0 radical (unpaired) electrons. The fourth-order valence-corrected chi connectivity index (χ4v) is 8.88. The zero-order valence-electron chi connectivity index (χ0n) is 39.6. The van der Waals surface area contributed by atoms with Crippen LogP contribution < -0.4 is 5.32 Å². The maximum atomic E-state index is 12.1. The number of aryl methyl sites for hydroxylation is 6. The summed E-state index contributed by atoms with van der Waals surface area (Å²) >= 11 is 0. The second kappa shape index (κ2) is 26.9. The van der Waals surface area contributed by atoms with Crippen molar-refractivity contribution < 1.29 is 4.79 Å². The van der Waals surface area contributed by atoms with Gasteiger partial charge in [0.15, 0.2) is 0 Å². The predicted molar refractivity (Wildman–Crippen MR) is 259 cm³/mol. The maximum absolute atomic E-state index is 12.1. The number of allylic oxidation sites excluding steroid dienone is 1. The minimum atomic E-state index is 0.248. The zero-order chi connectivity index (χ0) is 44.0. The number of carbonyl (C=O) groups is 1. The molecule has 60 heavy (non-hydrogen) atoms. The summed E-state index contributed by atoms with van der Waals surface area (Å²) in [4.78, 5) is 26.4. The molecule has 0 bridgehead atoms. The van der Waals surface area contributed by atoms with Crippen LogP contribution in [0.3, 0.4) is 0 Å². The number of rotatable bonds is 16. The Morgan fingerprint density at radius 3 is 2.13 bits per heavy atom. The molecule has 3 aromatic carbocycles. The molecule has 2 aliphatic heterocycles. The predicted octanol–water partition coefficient (Wildman–Crippen LogP) is 13.2. The van der Waals surface area contributed by atoms with Crippen molar-refractivity contribution in [1.29, 1.82) is 0 Å². The third kappa shape index (κ3) is 15.1. The van der Waals surface area contributed by atoms with Gasteiger partial charge in [-0.1, -0.05) is 128 Å². The second-order valence-corrected chi connectivity index (χ2v) is 16.4. The maximum Gasteiger partial charge on any atom is 0.150 e. The van der Waals surface area contributed by atoms with Crippen LogP contribution in [0.15, 0.2) is 79.1 Å².